The van der Waals surface area contributed by atoms with Crippen molar-refractivity contribution >= 4 is 11.9 Å². The average molecular weight is 280 g/mol. The monoisotopic (exact) mass is 280 g/mol. The van der Waals surface area contributed by atoms with Gasteiger partial charge >= 0.3 is 17.9 Å². The third-order valence-electron chi connectivity index (χ3n) is 3.10. The molecule has 0 heterocycles. The number of halogens is 2. The van der Waals surface area contributed by atoms with Gasteiger partial charge in [0.1, 0.15) is 0 Å². The van der Waals surface area contributed by atoms with E-state index >= 15 is 0 Å². The molecule has 0 spiro atoms. The predicted octanol–water partition coefficient (Wildman–Crippen LogP) is 2.94. The molecule has 0 fully saturated rings. The van der Waals surface area contributed by atoms with E-state index in [0.29, 0.717) is 12.8 Å². The van der Waals surface area contributed by atoms with E-state index < -0.39 is 29.4 Å². The lowest BCUT2D eigenvalue weighted by Crippen LogP contribution is -2.46. The number of hydrogen-bond acceptors (Lipinski definition) is 4. The first kappa shape index (κ1) is 17.8. The number of carbonyl (C=O) groups is 2. The molecule has 0 saturated carbocycles. The van der Waals surface area contributed by atoms with Crippen molar-refractivity contribution in [1.82, 2.24) is 0 Å². The zero-order chi connectivity index (χ0) is 15.3. The van der Waals surface area contributed by atoms with Gasteiger partial charge in [0, 0.05) is 0 Å². The second-order valence-corrected chi connectivity index (χ2v) is 5.03. The van der Waals surface area contributed by atoms with Crippen molar-refractivity contribution in [2.45, 2.75) is 59.0 Å². The van der Waals surface area contributed by atoms with Gasteiger partial charge in [0.25, 0.3) is 0 Å². The lowest BCUT2D eigenvalue weighted by molar-refractivity contribution is -0.201. The van der Waals surface area contributed by atoms with E-state index in [4.69, 9.17) is 4.74 Å². The Bertz CT molecular complexity index is 327. The van der Waals surface area contributed by atoms with E-state index in [9.17, 15) is 18.4 Å². The Kier molecular flexibility index (Phi) is 6.39. The van der Waals surface area contributed by atoms with Gasteiger partial charge in [0.15, 0.2) is 6.10 Å². The van der Waals surface area contributed by atoms with Crippen molar-refractivity contribution in [2.24, 2.45) is 5.41 Å². The van der Waals surface area contributed by atoms with Crippen LogP contribution in [0.25, 0.3) is 0 Å². The fraction of sp³-hybridized carbons (Fsp3) is 0.846. The first-order valence-corrected chi connectivity index (χ1v) is 6.30. The summed E-state index contributed by atoms with van der Waals surface area (Å²) >= 11 is 0. The lowest BCUT2D eigenvalue weighted by atomic mass is 9.90. The fourth-order valence-electron chi connectivity index (χ4n) is 1.28. The van der Waals surface area contributed by atoms with Crippen molar-refractivity contribution in [3.8, 4) is 0 Å². The Balaban J connectivity index is 5.04. The number of hydrogen-bond donors (Lipinski definition) is 0. The summed E-state index contributed by atoms with van der Waals surface area (Å²) < 4.78 is 36.4. The molecular formula is C13H22F2O4. The molecule has 0 saturated heterocycles. The van der Waals surface area contributed by atoms with Crippen LogP contribution >= 0.6 is 0 Å². The molecule has 0 rings (SSSR count). The molecule has 1 atom stereocenters. The summed E-state index contributed by atoms with van der Waals surface area (Å²) in [5.74, 6) is -6.25. The van der Waals surface area contributed by atoms with Crippen molar-refractivity contribution in [3.05, 3.63) is 0 Å². The van der Waals surface area contributed by atoms with Crippen LogP contribution in [0.2, 0.25) is 0 Å². The molecule has 0 aliphatic carbocycles. The number of methoxy groups -OCH3 is 1. The third-order valence-corrected chi connectivity index (χ3v) is 3.10. The Morgan fingerprint density at radius 1 is 1.16 bits per heavy atom. The minimum atomic E-state index is -3.83. The van der Waals surface area contributed by atoms with Gasteiger partial charge in [-0.1, -0.05) is 20.3 Å². The third kappa shape index (κ3) is 4.44. The van der Waals surface area contributed by atoms with Crippen molar-refractivity contribution < 1.29 is 27.8 Å². The first-order valence-electron chi connectivity index (χ1n) is 6.30. The minimum Gasteiger partial charge on any atom is -0.464 e. The molecule has 0 aliphatic heterocycles. The van der Waals surface area contributed by atoms with Gasteiger partial charge in [0.2, 0.25) is 0 Å². The quantitative estimate of drug-likeness (QED) is 0.673. The molecule has 6 heteroatoms. The van der Waals surface area contributed by atoms with Crippen LogP contribution in [0.15, 0.2) is 0 Å². The molecule has 0 bridgehead atoms. The molecule has 112 valence electrons. The smallest absolute Gasteiger partial charge is 0.380 e. The van der Waals surface area contributed by atoms with Crippen LogP contribution in [0.5, 0.6) is 0 Å². The van der Waals surface area contributed by atoms with Crippen LogP contribution in [0.3, 0.4) is 0 Å². The van der Waals surface area contributed by atoms with Crippen LogP contribution in [0.1, 0.15) is 47.0 Å². The van der Waals surface area contributed by atoms with E-state index in [1.165, 1.54) is 0 Å². The molecule has 0 aliphatic rings. The molecule has 0 N–H and O–H groups in total. The summed E-state index contributed by atoms with van der Waals surface area (Å²) in [6, 6.07) is 0. The Morgan fingerprint density at radius 2 is 1.68 bits per heavy atom. The van der Waals surface area contributed by atoms with Gasteiger partial charge in [-0.05, 0) is 26.7 Å². The highest BCUT2D eigenvalue weighted by Gasteiger charge is 2.51. The SMILES string of the molecule is CCCC(OC(=O)C(C)(C)CC)C(F)(F)C(=O)OC. The summed E-state index contributed by atoms with van der Waals surface area (Å²) in [5.41, 5.74) is -0.863. The Labute approximate surface area is 112 Å². The van der Waals surface area contributed by atoms with Gasteiger partial charge in [-0.25, -0.2) is 4.79 Å². The normalized spacial score (nSPS) is 13.8. The zero-order valence-electron chi connectivity index (χ0n) is 12.1. The fourth-order valence-corrected chi connectivity index (χ4v) is 1.28. The molecule has 0 radical (unpaired) electrons. The summed E-state index contributed by atoms with van der Waals surface area (Å²) in [6.07, 6.45) is -1.08. The molecule has 0 aromatic carbocycles. The maximum absolute atomic E-state index is 13.8. The molecule has 4 nitrogen and oxygen atoms in total. The maximum atomic E-state index is 13.8. The van der Waals surface area contributed by atoms with Gasteiger partial charge in [-0.3, -0.25) is 4.79 Å². The van der Waals surface area contributed by atoms with Crippen LogP contribution in [-0.4, -0.2) is 31.1 Å². The maximum Gasteiger partial charge on any atom is 0.380 e. The lowest BCUT2D eigenvalue weighted by Gasteiger charge is -2.28. The van der Waals surface area contributed by atoms with Gasteiger partial charge in [0.05, 0.1) is 12.5 Å². The molecule has 0 aromatic rings. The molecule has 0 amide bonds. The topological polar surface area (TPSA) is 52.6 Å². The second-order valence-electron chi connectivity index (χ2n) is 5.03. The first-order chi connectivity index (χ1) is 8.63. The average Bonchev–Trinajstić information content (AvgIpc) is 2.36. The summed E-state index contributed by atoms with van der Waals surface area (Å²) in [5, 5.41) is 0. The standard InChI is InChI=1S/C13H22F2O4/c1-6-8-9(13(14,15)11(17)18-5)19-10(16)12(3,4)7-2/h9H,6-8H2,1-5H3. The number of alkyl halides is 2. The molecule has 0 aromatic heterocycles. The predicted molar refractivity (Wildman–Crippen MR) is 65.8 cm³/mol. The van der Waals surface area contributed by atoms with Crippen LogP contribution in [0.4, 0.5) is 8.78 Å². The van der Waals surface area contributed by atoms with Gasteiger partial charge in [-0.15, -0.1) is 0 Å². The number of esters is 2. The minimum absolute atomic E-state index is 0.104. The van der Waals surface area contributed by atoms with Gasteiger partial charge in [-0.2, -0.15) is 8.78 Å². The number of rotatable bonds is 7. The molecule has 1 unspecified atom stereocenters. The van der Waals surface area contributed by atoms with Crippen molar-refractivity contribution in [3.63, 3.8) is 0 Å². The second kappa shape index (κ2) is 6.82. The van der Waals surface area contributed by atoms with Crippen molar-refractivity contribution in [1.29, 1.82) is 0 Å². The van der Waals surface area contributed by atoms with Crippen LogP contribution < -0.4 is 0 Å². The van der Waals surface area contributed by atoms with E-state index in [1.54, 1.807) is 27.7 Å². The highest BCUT2D eigenvalue weighted by Crippen LogP contribution is 2.30. The number of carbonyl (C=O) groups excluding carboxylic acids is 2. The zero-order valence-corrected chi connectivity index (χ0v) is 12.1. The van der Waals surface area contributed by atoms with Crippen molar-refractivity contribution in [2.75, 3.05) is 7.11 Å². The largest absolute Gasteiger partial charge is 0.464 e. The van der Waals surface area contributed by atoms with E-state index in [2.05, 4.69) is 4.74 Å². The summed E-state index contributed by atoms with van der Waals surface area (Å²) in [4.78, 5) is 22.9. The molecular weight excluding hydrogens is 258 g/mol. The number of ether oxygens (including phenoxy) is 2. The van der Waals surface area contributed by atoms with E-state index in [0.717, 1.165) is 7.11 Å². The molecule has 19 heavy (non-hydrogen) atoms. The van der Waals surface area contributed by atoms with Crippen LogP contribution in [-0.2, 0) is 19.1 Å². The highest BCUT2D eigenvalue weighted by molar-refractivity contribution is 5.80. The van der Waals surface area contributed by atoms with E-state index in [1.807, 2.05) is 0 Å². The summed E-state index contributed by atoms with van der Waals surface area (Å²) in [6.45, 7) is 6.64. The highest BCUT2D eigenvalue weighted by atomic mass is 19.3. The van der Waals surface area contributed by atoms with Gasteiger partial charge < -0.3 is 9.47 Å². The Morgan fingerprint density at radius 3 is 2.05 bits per heavy atom. The Hall–Kier alpha value is -1.20. The summed E-state index contributed by atoms with van der Waals surface area (Å²) in [7, 11) is 0.872. The van der Waals surface area contributed by atoms with E-state index in [-0.39, 0.29) is 6.42 Å². The van der Waals surface area contributed by atoms with Crippen LogP contribution in [0, 0.1) is 5.41 Å².